The molecule has 2 unspecified atom stereocenters. The molecule has 1 aliphatic heterocycles. The Labute approximate surface area is 132 Å². The van der Waals surface area contributed by atoms with Gasteiger partial charge >= 0.3 is 0 Å². The summed E-state index contributed by atoms with van der Waals surface area (Å²) in [5.41, 5.74) is 5.97. The summed E-state index contributed by atoms with van der Waals surface area (Å²) < 4.78 is 1.85. The zero-order chi connectivity index (χ0) is 16.1. The van der Waals surface area contributed by atoms with Gasteiger partial charge in [0.1, 0.15) is 11.9 Å². The number of hydrogen-bond donors (Lipinski definition) is 2. The molecule has 1 aromatic heterocycles. The third-order valence-corrected chi connectivity index (χ3v) is 4.61. The van der Waals surface area contributed by atoms with Crippen LogP contribution in [0.15, 0.2) is 12.4 Å². The molecule has 1 aliphatic rings. The first kappa shape index (κ1) is 17.0. The van der Waals surface area contributed by atoms with Gasteiger partial charge < -0.3 is 20.3 Å². The van der Waals surface area contributed by atoms with Crippen molar-refractivity contribution in [2.45, 2.75) is 51.2 Å². The van der Waals surface area contributed by atoms with Crippen LogP contribution in [0.1, 0.15) is 51.0 Å². The molecule has 1 fully saturated rings. The van der Waals surface area contributed by atoms with Crippen molar-refractivity contribution in [1.29, 1.82) is 0 Å². The minimum absolute atomic E-state index is 0.0541. The van der Waals surface area contributed by atoms with Gasteiger partial charge in [-0.3, -0.25) is 4.79 Å². The molecule has 0 radical (unpaired) electrons. The van der Waals surface area contributed by atoms with E-state index in [1.165, 1.54) is 0 Å². The average molecular weight is 308 g/mol. The maximum absolute atomic E-state index is 12.3. The van der Waals surface area contributed by atoms with Gasteiger partial charge in [-0.2, -0.15) is 0 Å². The molecule has 0 aromatic carbocycles. The van der Waals surface area contributed by atoms with E-state index in [9.17, 15) is 9.90 Å². The Hall–Kier alpha value is -1.40. The third-order valence-electron chi connectivity index (χ3n) is 4.61. The van der Waals surface area contributed by atoms with Gasteiger partial charge in [-0.05, 0) is 25.2 Å². The molecule has 0 bridgehead atoms. The quantitative estimate of drug-likeness (QED) is 0.827. The Bertz CT molecular complexity index is 480. The zero-order valence-corrected chi connectivity index (χ0v) is 13.6. The number of imidazole rings is 1. The molecule has 6 heteroatoms. The predicted molar refractivity (Wildman–Crippen MR) is 85.0 cm³/mol. The van der Waals surface area contributed by atoms with E-state index in [-0.39, 0.29) is 17.9 Å². The Kier molecular flexibility index (Phi) is 5.97. The lowest BCUT2D eigenvalue weighted by Gasteiger charge is -2.35. The molecule has 2 heterocycles. The maximum atomic E-state index is 12.3. The van der Waals surface area contributed by atoms with Crippen LogP contribution in [0.5, 0.6) is 0 Å². The molecule has 2 rings (SSSR count). The fourth-order valence-corrected chi connectivity index (χ4v) is 3.09. The van der Waals surface area contributed by atoms with Gasteiger partial charge in [-0.1, -0.05) is 19.8 Å². The number of aliphatic hydroxyl groups excluding tert-OH is 1. The van der Waals surface area contributed by atoms with E-state index in [0.29, 0.717) is 18.9 Å². The van der Waals surface area contributed by atoms with E-state index < -0.39 is 6.10 Å². The van der Waals surface area contributed by atoms with E-state index in [4.69, 9.17) is 5.73 Å². The molecule has 0 aliphatic carbocycles. The molecule has 2 atom stereocenters. The van der Waals surface area contributed by atoms with Crippen LogP contribution in [0.2, 0.25) is 0 Å². The van der Waals surface area contributed by atoms with Crippen LogP contribution in [0, 0.1) is 5.92 Å². The fraction of sp³-hybridized carbons (Fsp3) is 0.750. The first-order chi connectivity index (χ1) is 10.5. The van der Waals surface area contributed by atoms with E-state index in [2.05, 4.69) is 11.9 Å². The number of aliphatic hydroxyl groups is 1. The van der Waals surface area contributed by atoms with Gasteiger partial charge in [0.25, 0.3) is 0 Å². The maximum Gasteiger partial charge on any atom is 0.239 e. The van der Waals surface area contributed by atoms with Crippen LogP contribution in [-0.4, -0.2) is 44.6 Å². The molecule has 0 spiro atoms. The van der Waals surface area contributed by atoms with Crippen molar-refractivity contribution >= 4 is 5.91 Å². The molecular weight excluding hydrogens is 280 g/mol. The summed E-state index contributed by atoms with van der Waals surface area (Å²) in [4.78, 5) is 18.4. The summed E-state index contributed by atoms with van der Waals surface area (Å²) in [5.74, 6) is 0.903. The SMILES string of the molecule is CCCCC(N)C(=O)N1CCC(C(O)c2nccn2C)CC1. The largest absolute Gasteiger partial charge is 0.385 e. The van der Waals surface area contributed by atoms with Crippen LogP contribution >= 0.6 is 0 Å². The Morgan fingerprint density at radius 3 is 2.73 bits per heavy atom. The van der Waals surface area contributed by atoms with Crippen LogP contribution in [0.25, 0.3) is 0 Å². The number of rotatable bonds is 6. The van der Waals surface area contributed by atoms with Crippen molar-refractivity contribution in [2.24, 2.45) is 18.7 Å². The molecule has 6 nitrogen and oxygen atoms in total. The highest BCUT2D eigenvalue weighted by atomic mass is 16.3. The van der Waals surface area contributed by atoms with Crippen molar-refractivity contribution in [2.75, 3.05) is 13.1 Å². The summed E-state index contributed by atoms with van der Waals surface area (Å²) in [6.07, 6.45) is 7.35. The number of hydrogen-bond acceptors (Lipinski definition) is 4. The smallest absolute Gasteiger partial charge is 0.239 e. The number of piperidine rings is 1. The predicted octanol–water partition coefficient (Wildman–Crippen LogP) is 1.21. The second kappa shape index (κ2) is 7.74. The monoisotopic (exact) mass is 308 g/mol. The number of carbonyl (C=O) groups is 1. The van der Waals surface area contributed by atoms with Crippen LogP contribution < -0.4 is 5.73 Å². The van der Waals surface area contributed by atoms with E-state index in [0.717, 1.165) is 32.1 Å². The van der Waals surface area contributed by atoms with E-state index >= 15 is 0 Å². The molecule has 22 heavy (non-hydrogen) atoms. The Morgan fingerprint density at radius 2 is 2.18 bits per heavy atom. The molecule has 0 saturated carbocycles. The van der Waals surface area contributed by atoms with Gasteiger partial charge in [0, 0.05) is 32.5 Å². The van der Waals surface area contributed by atoms with Crippen LogP contribution in [-0.2, 0) is 11.8 Å². The minimum atomic E-state index is -0.564. The van der Waals surface area contributed by atoms with Gasteiger partial charge in [0.05, 0.1) is 6.04 Å². The lowest BCUT2D eigenvalue weighted by Crippen LogP contribution is -2.47. The number of carbonyl (C=O) groups excluding carboxylic acids is 1. The van der Waals surface area contributed by atoms with Crippen molar-refractivity contribution in [3.05, 3.63) is 18.2 Å². The molecule has 3 N–H and O–H groups in total. The number of likely N-dealkylation sites (tertiary alicyclic amines) is 1. The van der Waals surface area contributed by atoms with Crippen molar-refractivity contribution in [3.63, 3.8) is 0 Å². The highest BCUT2D eigenvalue weighted by Gasteiger charge is 2.31. The Morgan fingerprint density at radius 1 is 1.50 bits per heavy atom. The number of amides is 1. The summed E-state index contributed by atoms with van der Waals surface area (Å²) in [6, 6.07) is -0.379. The summed E-state index contributed by atoms with van der Waals surface area (Å²) >= 11 is 0. The Balaban J connectivity index is 1.85. The van der Waals surface area contributed by atoms with Gasteiger partial charge in [-0.25, -0.2) is 4.98 Å². The second-order valence-corrected chi connectivity index (χ2v) is 6.25. The molecule has 1 aromatic rings. The summed E-state index contributed by atoms with van der Waals surface area (Å²) in [6.45, 7) is 3.44. The third kappa shape index (κ3) is 3.87. The number of aromatic nitrogens is 2. The highest BCUT2D eigenvalue weighted by Crippen LogP contribution is 2.29. The second-order valence-electron chi connectivity index (χ2n) is 6.25. The topological polar surface area (TPSA) is 84.4 Å². The zero-order valence-electron chi connectivity index (χ0n) is 13.6. The highest BCUT2D eigenvalue weighted by molar-refractivity contribution is 5.81. The van der Waals surface area contributed by atoms with Gasteiger partial charge in [-0.15, -0.1) is 0 Å². The van der Waals surface area contributed by atoms with E-state index in [1.54, 1.807) is 6.20 Å². The van der Waals surface area contributed by atoms with Crippen LogP contribution in [0.4, 0.5) is 0 Å². The standard InChI is InChI=1S/C16H28N4O2/c1-3-4-5-13(17)16(22)20-9-6-12(7-10-20)14(21)15-18-8-11-19(15)2/h8,11-14,21H,3-7,9-10,17H2,1-2H3. The molecule has 1 saturated heterocycles. The van der Waals surface area contributed by atoms with Gasteiger partial charge in [0.2, 0.25) is 5.91 Å². The van der Waals surface area contributed by atoms with Crippen molar-refractivity contribution in [1.82, 2.24) is 14.5 Å². The first-order valence-electron chi connectivity index (χ1n) is 8.24. The minimum Gasteiger partial charge on any atom is -0.385 e. The molecule has 124 valence electrons. The normalized spacial score (nSPS) is 19.2. The fourth-order valence-electron chi connectivity index (χ4n) is 3.09. The summed E-state index contributed by atoms with van der Waals surface area (Å²) in [5, 5.41) is 10.5. The lowest BCUT2D eigenvalue weighted by molar-refractivity contribution is -0.134. The summed E-state index contributed by atoms with van der Waals surface area (Å²) in [7, 11) is 1.89. The lowest BCUT2D eigenvalue weighted by atomic mass is 9.90. The van der Waals surface area contributed by atoms with Gasteiger partial charge in [0.15, 0.2) is 0 Å². The average Bonchev–Trinajstić information content (AvgIpc) is 2.97. The number of unbranched alkanes of at least 4 members (excludes halogenated alkanes) is 1. The van der Waals surface area contributed by atoms with Crippen molar-refractivity contribution in [3.8, 4) is 0 Å². The van der Waals surface area contributed by atoms with Crippen LogP contribution in [0.3, 0.4) is 0 Å². The molecular formula is C16H28N4O2. The molecule has 1 amide bonds. The number of nitrogens with two attached hydrogens (primary N) is 1. The number of nitrogens with zero attached hydrogens (tertiary/aromatic N) is 3. The van der Waals surface area contributed by atoms with Crippen molar-refractivity contribution < 1.29 is 9.90 Å². The number of aryl methyl sites for hydroxylation is 1. The van der Waals surface area contributed by atoms with E-state index in [1.807, 2.05) is 22.7 Å². The first-order valence-corrected chi connectivity index (χ1v) is 8.24.